The Labute approximate surface area is 75.2 Å². The molecule has 1 heterocycles. The monoisotopic (exact) mass is 179 g/mol. The molecule has 0 aliphatic heterocycles. The van der Waals surface area contributed by atoms with E-state index in [-0.39, 0.29) is 18.3 Å². The van der Waals surface area contributed by atoms with Gasteiger partial charge in [0.05, 0.1) is 6.42 Å². The van der Waals surface area contributed by atoms with E-state index in [0.717, 1.165) is 0 Å². The third-order valence-corrected chi connectivity index (χ3v) is 1.71. The highest BCUT2D eigenvalue weighted by Gasteiger charge is 2.12. The fourth-order valence-corrected chi connectivity index (χ4v) is 1.11. The highest BCUT2D eigenvalue weighted by molar-refractivity contribution is 5.67. The van der Waals surface area contributed by atoms with E-state index in [9.17, 15) is 4.79 Å². The maximum Gasteiger partial charge on any atom is 0.305 e. The predicted octanol–water partition coefficient (Wildman–Crippen LogP) is 0.790. The van der Waals surface area contributed by atoms with Crippen LogP contribution in [0.3, 0.4) is 0 Å². The summed E-state index contributed by atoms with van der Waals surface area (Å²) in [5.41, 5.74) is 0. The molecule has 5 heteroatoms. The quantitative estimate of drug-likeness (QED) is 0.743. The van der Waals surface area contributed by atoms with Crippen LogP contribution < -0.4 is 0 Å². The van der Waals surface area contributed by atoms with Crippen molar-refractivity contribution in [1.82, 2.24) is 9.55 Å². The van der Waals surface area contributed by atoms with Gasteiger partial charge in [0, 0.05) is 18.4 Å². The van der Waals surface area contributed by atoms with Gasteiger partial charge in [-0.15, -0.1) is 0 Å². The smallest absolute Gasteiger partial charge is 0.305 e. The number of imidazole rings is 1. The van der Waals surface area contributed by atoms with Crippen LogP contribution >= 0.6 is 0 Å². The van der Waals surface area contributed by atoms with Crippen molar-refractivity contribution < 1.29 is 9.90 Å². The minimum Gasteiger partial charge on any atom is -0.481 e. The third kappa shape index (κ3) is 2.06. The lowest BCUT2D eigenvalue weighted by molar-refractivity contribution is -0.137. The number of carboxylic acid groups (broad SMARTS) is 1. The zero-order chi connectivity index (χ0) is 9.84. The Kier molecular flexibility index (Phi) is 2.65. The van der Waals surface area contributed by atoms with Gasteiger partial charge < -0.3 is 9.67 Å². The molecule has 0 aromatic carbocycles. The van der Waals surface area contributed by atoms with E-state index in [1.807, 2.05) is 6.07 Å². The summed E-state index contributed by atoms with van der Waals surface area (Å²) in [6, 6.07) is 1.65. The number of carbonyl (C=O) groups is 1. The van der Waals surface area contributed by atoms with Crippen LogP contribution in [0.4, 0.5) is 0 Å². The molecule has 1 aromatic heterocycles. The van der Waals surface area contributed by atoms with Crippen LogP contribution in [0.1, 0.15) is 25.2 Å². The van der Waals surface area contributed by atoms with Gasteiger partial charge in [-0.3, -0.25) is 4.79 Å². The summed E-state index contributed by atoms with van der Waals surface area (Å²) in [5.74, 6) is -0.640. The fraction of sp³-hybridized carbons (Fsp3) is 0.375. The zero-order valence-electron chi connectivity index (χ0n) is 7.14. The van der Waals surface area contributed by atoms with Crippen molar-refractivity contribution in [3.8, 4) is 6.07 Å². The van der Waals surface area contributed by atoms with E-state index in [4.69, 9.17) is 10.4 Å². The molecule has 1 unspecified atom stereocenters. The normalized spacial score (nSPS) is 12.0. The average Bonchev–Trinajstić information content (AvgIpc) is 2.49. The molecule has 0 aliphatic rings. The second-order valence-electron chi connectivity index (χ2n) is 2.72. The summed E-state index contributed by atoms with van der Waals surface area (Å²) >= 11 is 0. The molecule has 0 saturated carbocycles. The first-order chi connectivity index (χ1) is 6.15. The second-order valence-corrected chi connectivity index (χ2v) is 2.72. The van der Waals surface area contributed by atoms with Crippen molar-refractivity contribution in [2.24, 2.45) is 0 Å². The van der Waals surface area contributed by atoms with E-state index in [2.05, 4.69) is 4.98 Å². The first-order valence-corrected chi connectivity index (χ1v) is 3.80. The maximum absolute atomic E-state index is 10.4. The Bertz CT molecular complexity index is 351. The number of rotatable bonds is 3. The third-order valence-electron chi connectivity index (χ3n) is 1.71. The largest absolute Gasteiger partial charge is 0.481 e. The standard InChI is InChI=1S/C8H9N3O2/c1-6(4-8(12)13)11-3-2-10-7(11)5-9/h2-3,6H,4H2,1H3,(H,12,13). The molecule has 13 heavy (non-hydrogen) atoms. The minimum atomic E-state index is -0.884. The summed E-state index contributed by atoms with van der Waals surface area (Å²) in [7, 11) is 0. The fourth-order valence-electron chi connectivity index (χ4n) is 1.11. The molecule has 1 atom stereocenters. The van der Waals surface area contributed by atoms with Crippen LogP contribution in [-0.4, -0.2) is 20.6 Å². The Balaban J connectivity index is 2.83. The number of hydrogen-bond donors (Lipinski definition) is 1. The molecule has 1 rings (SSSR count). The number of carboxylic acids is 1. The van der Waals surface area contributed by atoms with Gasteiger partial charge in [0.1, 0.15) is 6.07 Å². The first-order valence-electron chi connectivity index (χ1n) is 3.80. The van der Waals surface area contributed by atoms with Gasteiger partial charge >= 0.3 is 5.97 Å². The van der Waals surface area contributed by atoms with Gasteiger partial charge in [-0.2, -0.15) is 5.26 Å². The molecule has 0 aliphatic carbocycles. The molecule has 0 radical (unpaired) electrons. The van der Waals surface area contributed by atoms with E-state index < -0.39 is 5.97 Å². The molecule has 68 valence electrons. The summed E-state index contributed by atoms with van der Waals surface area (Å²) in [5, 5.41) is 17.1. The first kappa shape index (κ1) is 9.26. The molecule has 0 fully saturated rings. The highest BCUT2D eigenvalue weighted by Crippen LogP contribution is 2.12. The van der Waals surface area contributed by atoms with Gasteiger partial charge in [0.25, 0.3) is 0 Å². The molecule has 1 aromatic rings. The lowest BCUT2D eigenvalue weighted by Crippen LogP contribution is -2.11. The van der Waals surface area contributed by atoms with Gasteiger partial charge in [-0.05, 0) is 6.92 Å². The lowest BCUT2D eigenvalue weighted by Gasteiger charge is -2.10. The topological polar surface area (TPSA) is 78.9 Å². The minimum absolute atomic E-state index is 0.00889. The van der Waals surface area contributed by atoms with Crippen LogP contribution in [0.15, 0.2) is 12.4 Å². The Morgan fingerprint density at radius 2 is 2.62 bits per heavy atom. The van der Waals surface area contributed by atoms with E-state index in [1.54, 1.807) is 17.7 Å². The van der Waals surface area contributed by atoms with Gasteiger partial charge in [-0.1, -0.05) is 0 Å². The van der Waals surface area contributed by atoms with Crippen LogP contribution in [0.5, 0.6) is 0 Å². The summed E-state index contributed by atoms with van der Waals surface area (Å²) in [4.78, 5) is 14.2. The van der Waals surface area contributed by atoms with Crippen molar-refractivity contribution in [1.29, 1.82) is 5.26 Å². The lowest BCUT2D eigenvalue weighted by atomic mass is 10.2. The van der Waals surface area contributed by atoms with Gasteiger partial charge in [0.15, 0.2) is 0 Å². The van der Waals surface area contributed by atoms with E-state index >= 15 is 0 Å². The molecule has 5 nitrogen and oxygen atoms in total. The van der Waals surface area contributed by atoms with E-state index in [1.165, 1.54) is 6.20 Å². The molecule has 0 amide bonds. The van der Waals surface area contributed by atoms with Crippen LogP contribution in [0, 0.1) is 11.3 Å². The molecular formula is C8H9N3O2. The number of aliphatic carboxylic acids is 1. The summed E-state index contributed by atoms with van der Waals surface area (Å²) in [6.45, 7) is 1.73. The SMILES string of the molecule is CC(CC(=O)O)n1ccnc1C#N. The Morgan fingerprint density at radius 1 is 1.92 bits per heavy atom. The molecular weight excluding hydrogens is 170 g/mol. The molecule has 0 spiro atoms. The summed E-state index contributed by atoms with van der Waals surface area (Å²) in [6.07, 6.45) is 3.08. The Hall–Kier alpha value is -1.83. The zero-order valence-corrected chi connectivity index (χ0v) is 7.14. The van der Waals surface area contributed by atoms with Crippen LogP contribution in [0.25, 0.3) is 0 Å². The van der Waals surface area contributed by atoms with Gasteiger partial charge in [-0.25, -0.2) is 4.98 Å². The maximum atomic E-state index is 10.4. The number of aromatic nitrogens is 2. The van der Waals surface area contributed by atoms with E-state index in [0.29, 0.717) is 0 Å². The van der Waals surface area contributed by atoms with Gasteiger partial charge in [0.2, 0.25) is 5.82 Å². The number of hydrogen-bond acceptors (Lipinski definition) is 3. The number of nitrogens with zero attached hydrogens (tertiary/aromatic N) is 3. The van der Waals surface area contributed by atoms with Crippen molar-refractivity contribution >= 4 is 5.97 Å². The second kappa shape index (κ2) is 3.72. The van der Waals surface area contributed by atoms with Crippen molar-refractivity contribution in [3.05, 3.63) is 18.2 Å². The average molecular weight is 179 g/mol. The number of nitriles is 1. The van der Waals surface area contributed by atoms with Crippen molar-refractivity contribution in [2.75, 3.05) is 0 Å². The highest BCUT2D eigenvalue weighted by atomic mass is 16.4. The Morgan fingerprint density at radius 3 is 3.15 bits per heavy atom. The molecule has 0 bridgehead atoms. The summed E-state index contributed by atoms with van der Waals surface area (Å²) < 4.78 is 1.55. The molecule has 0 saturated heterocycles. The predicted molar refractivity (Wildman–Crippen MR) is 43.9 cm³/mol. The van der Waals surface area contributed by atoms with Crippen molar-refractivity contribution in [3.63, 3.8) is 0 Å². The van der Waals surface area contributed by atoms with Crippen LogP contribution in [0.2, 0.25) is 0 Å². The van der Waals surface area contributed by atoms with Crippen molar-refractivity contribution in [2.45, 2.75) is 19.4 Å². The molecule has 1 N–H and O–H groups in total. The van der Waals surface area contributed by atoms with Crippen LogP contribution in [-0.2, 0) is 4.79 Å².